The monoisotopic (exact) mass is 313 g/mol. The molecule has 92 valence electrons. The number of hydrogen-bond acceptors (Lipinski definition) is 2. The Morgan fingerprint density at radius 3 is 2.82 bits per heavy atom. The van der Waals surface area contributed by atoms with E-state index in [0.717, 1.165) is 26.8 Å². The van der Waals surface area contributed by atoms with Gasteiger partial charge in [-0.3, -0.25) is 0 Å². The van der Waals surface area contributed by atoms with E-state index in [1.165, 1.54) is 0 Å². The summed E-state index contributed by atoms with van der Waals surface area (Å²) in [5.41, 5.74) is 2.24. The molecule has 2 rings (SSSR count). The lowest BCUT2D eigenvalue weighted by Gasteiger charge is -2.20. The largest absolute Gasteiger partial charge is 0.331 e. The van der Waals surface area contributed by atoms with Crippen molar-refractivity contribution in [2.75, 3.05) is 14.1 Å². The highest BCUT2D eigenvalue weighted by Gasteiger charge is 2.10. The number of benzene rings is 1. The number of imidazole rings is 1. The second-order valence-electron chi connectivity index (χ2n) is 4.51. The van der Waals surface area contributed by atoms with Gasteiger partial charge < -0.3 is 14.5 Å². The molecule has 0 fully saturated rings. The van der Waals surface area contributed by atoms with Gasteiger partial charge in [-0.1, -0.05) is 15.9 Å². The fourth-order valence-corrected chi connectivity index (χ4v) is 2.37. The van der Waals surface area contributed by atoms with E-state index in [0.29, 0.717) is 6.04 Å². The molecule has 0 bridgehead atoms. The third-order valence-electron chi connectivity index (χ3n) is 3.07. The van der Waals surface area contributed by atoms with Crippen LogP contribution in [0.2, 0.25) is 0 Å². The number of halogens is 1. The number of likely N-dealkylation sites (N-methyl/N-ethyl adjacent to an activating group) is 1. The van der Waals surface area contributed by atoms with Crippen molar-refractivity contribution in [2.24, 2.45) is 0 Å². The van der Waals surface area contributed by atoms with Gasteiger partial charge in [0.2, 0.25) is 0 Å². The average molecular weight is 314 g/mol. The summed E-state index contributed by atoms with van der Waals surface area (Å²) in [6, 6.07) is 6.61. The molecule has 0 aliphatic carbocycles. The van der Waals surface area contributed by atoms with Crippen LogP contribution < -0.4 is 0 Å². The molecule has 1 unspecified atom stereocenters. The van der Waals surface area contributed by atoms with Gasteiger partial charge in [0.15, 0.2) is 4.77 Å². The van der Waals surface area contributed by atoms with Crippen molar-refractivity contribution in [1.29, 1.82) is 0 Å². The lowest BCUT2D eigenvalue weighted by molar-refractivity contribution is 0.285. The summed E-state index contributed by atoms with van der Waals surface area (Å²) in [5.74, 6) is 0. The molecule has 2 aromatic rings. The number of nitrogens with zero attached hydrogens (tertiary/aromatic N) is 2. The van der Waals surface area contributed by atoms with Gasteiger partial charge in [0.05, 0.1) is 11.0 Å². The van der Waals surface area contributed by atoms with Crippen molar-refractivity contribution in [3.05, 3.63) is 27.4 Å². The van der Waals surface area contributed by atoms with E-state index in [1.807, 2.05) is 12.1 Å². The summed E-state index contributed by atoms with van der Waals surface area (Å²) in [5, 5.41) is 0. The number of aromatic nitrogens is 2. The van der Waals surface area contributed by atoms with Gasteiger partial charge in [-0.25, -0.2) is 0 Å². The summed E-state index contributed by atoms with van der Waals surface area (Å²) in [6.07, 6.45) is 0. The molecular weight excluding hydrogens is 298 g/mol. The minimum absolute atomic E-state index is 0.444. The maximum absolute atomic E-state index is 5.37. The van der Waals surface area contributed by atoms with Crippen molar-refractivity contribution >= 4 is 39.2 Å². The highest BCUT2D eigenvalue weighted by atomic mass is 79.9. The van der Waals surface area contributed by atoms with Crippen molar-refractivity contribution in [3.8, 4) is 0 Å². The second kappa shape index (κ2) is 4.92. The summed E-state index contributed by atoms with van der Waals surface area (Å²) >= 11 is 8.87. The van der Waals surface area contributed by atoms with Crippen LogP contribution in [0.1, 0.15) is 6.92 Å². The molecule has 5 heteroatoms. The summed E-state index contributed by atoms with van der Waals surface area (Å²) in [6.45, 7) is 3.08. The molecule has 0 amide bonds. The number of nitrogens with one attached hydrogen (secondary N) is 1. The number of H-pyrrole nitrogens is 1. The molecule has 0 saturated carbocycles. The Balaban J connectivity index is 2.49. The molecule has 1 heterocycles. The minimum atomic E-state index is 0.444. The molecule has 0 saturated heterocycles. The SMILES string of the molecule is CC(Cn1c(=S)[nH]c2ccc(Br)cc21)N(C)C. The highest BCUT2D eigenvalue weighted by molar-refractivity contribution is 9.10. The number of hydrogen-bond donors (Lipinski definition) is 1. The van der Waals surface area contributed by atoms with Crippen LogP contribution in [0.25, 0.3) is 11.0 Å². The molecule has 3 nitrogen and oxygen atoms in total. The predicted molar refractivity (Wildman–Crippen MR) is 78.0 cm³/mol. The summed E-state index contributed by atoms with van der Waals surface area (Å²) < 4.78 is 4.01. The van der Waals surface area contributed by atoms with Crippen molar-refractivity contribution in [2.45, 2.75) is 19.5 Å². The average Bonchev–Trinajstić information content (AvgIpc) is 2.55. The Kier molecular flexibility index (Phi) is 3.70. The van der Waals surface area contributed by atoms with E-state index < -0.39 is 0 Å². The van der Waals surface area contributed by atoms with Gasteiger partial charge in [0.1, 0.15) is 0 Å². The molecule has 0 aliphatic heterocycles. The van der Waals surface area contributed by atoms with Gasteiger partial charge in [0, 0.05) is 17.1 Å². The Hall–Kier alpha value is -0.650. The highest BCUT2D eigenvalue weighted by Crippen LogP contribution is 2.20. The van der Waals surface area contributed by atoms with Gasteiger partial charge in [0.25, 0.3) is 0 Å². The van der Waals surface area contributed by atoms with Crippen LogP contribution in [0.4, 0.5) is 0 Å². The zero-order valence-corrected chi connectivity index (χ0v) is 12.6. The van der Waals surface area contributed by atoms with Crippen molar-refractivity contribution in [1.82, 2.24) is 14.5 Å². The van der Waals surface area contributed by atoms with Crippen LogP contribution >= 0.6 is 28.1 Å². The maximum atomic E-state index is 5.37. The van der Waals surface area contributed by atoms with Crippen LogP contribution in [0, 0.1) is 4.77 Å². The summed E-state index contributed by atoms with van der Waals surface area (Å²) in [7, 11) is 4.16. The Labute approximate surface area is 115 Å². The minimum Gasteiger partial charge on any atom is -0.331 e. The first-order chi connectivity index (χ1) is 7.99. The second-order valence-corrected chi connectivity index (χ2v) is 5.82. The number of rotatable bonds is 3. The molecule has 0 radical (unpaired) electrons. The van der Waals surface area contributed by atoms with E-state index in [4.69, 9.17) is 12.2 Å². The molecule has 1 N–H and O–H groups in total. The van der Waals surface area contributed by atoms with E-state index in [2.05, 4.69) is 57.5 Å². The molecule has 1 atom stereocenters. The molecule has 0 aliphatic rings. The molecule has 17 heavy (non-hydrogen) atoms. The maximum Gasteiger partial charge on any atom is 0.178 e. The molecular formula is C12H16BrN3S. The standard InChI is InChI=1S/C12H16BrN3S/c1-8(15(2)3)7-16-11-6-9(13)4-5-10(11)14-12(16)17/h4-6,8H,7H2,1-3H3,(H,14,17). The zero-order chi connectivity index (χ0) is 12.6. The van der Waals surface area contributed by atoms with Gasteiger partial charge in [-0.2, -0.15) is 0 Å². The predicted octanol–water partition coefficient (Wildman–Crippen LogP) is 3.41. The van der Waals surface area contributed by atoms with Gasteiger partial charge in [-0.15, -0.1) is 0 Å². The normalized spacial score (nSPS) is 13.5. The van der Waals surface area contributed by atoms with E-state index in [1.54, 1.807) is 0 Å². The fourth-order valence-electron chi connectivity index (χ4n) is 1.73. The van der Waals surface area contributed by atoms with E-state index in [-0.39, 0.29) is 0 Å². The van der Waals surface area contributed by atoms with Crippen molar-refractivity contribution in [3.63, 3.8) is 0 Å². The lowest BCUT2D eigenvalue weighted by atomic mass is 10.3. The van der Waals surface area contributed by atoms with Crippen LogP contribution in [0.15, 0.2) is 22.7 Å². The Morgan fingerprint density at radius 1 is 1.47 bits per heavy atom. The summed E-state index contributed by atoms with van der Waals surface area (Å²) in [4.78, 5) is 5.43. The first kappa shape index (κ1) is 12.8. The van der Waals surface area contributed by atoms with Crippen LogP contribution in [-0.2, 0) is 6.54 Å². The molecule has 1 aromatic heterocycles. The number of fused-ring (bicyclic) bond motifs is 1. The Morgan fingerprint density at radius 2 is 2.18 bits per heavy atom. The van der Waals surface area contributed by atoms with Crippen LogP contribution in [0.5, 0.6) is 0 Å². The van der Waals surface area contributed by atoms with Crippen LogP contribution in [-0.4, -0.2) is 34.6 Å². The first-order valence-electron chi connectivity index (χ1n) is 5.53. The van der Waals surface area contributed by atoms with E-state index >= 15 is 0 Å². The third kappa shape index (κ3) is 2.61. The molecule has 1 aromatic carbocycles. The fraction of sp³-hybridized carbons (Fsp3) is 0.417. The molecule has 0 spiro atoms. The van der Waals surface area contributed by atoms with Crippen molar-refractivity contribution < 1.29 is 0 Å². The Bertz CT molecular complexity index is 585. The van der Waals surface area contributed by atoms with Crippen LogP contribution in [0.3, 0.4) is 0 Å². The lowest BCUT2D eigenvalue weighted by Crippen LogP contribution is -2.29. The van der Waals surface area contributed by atoms with Gasteiger partial charge in [-0.05, 0) is 51.4 Å². The third-order valence-corrected chi connectivity index (χ3v) is 3.88. The van der Waals surface area contributed by atoms with E-state index in [9.17, 15) is 0 Å². The smallest absolute Gasteiger partial charge is 0.178 e. The topological polar surface area (TPSA) is 24.0 Å². The van der Waals surface area contributed by atoms with Gasteiger partial charge >= 0.3 is 0 Å². The first-order valence-corrected chi connectivity index (χ1v) is 6.73. The number of aromatic amines is 1. The zero-order valence-electron chi connectivity index (χ0n) is 10.2. The quantitative estimate of drug-likeness (QED) is 0.878.